The lowest BCUT2D eigenvalue weighted by molar-refractivity contribution is 0.102. The Morgan fingerprint density at radius 2 is 1.89 bits per heavy atom. The van der Waals surface area contributed by atoms with Crippen LogP contribution in [-0.2, 0) is 19.4 Å². The van der Waals surface area contributed by atoms with E-state index in [1.165, 1.54) is 5.69 Å². The van der Waals surface area contributed by atoms with Crippen molar-refractivity contribution in [1.82, 2.24) is 15.1 Å². The number of nitrogens with one attached hydrogen (secondary N) is 2. The normalized spacial score (nSPS) is 12.8. The molecule has 0 saturated heterocycles. The largest absolute Gasteiger partial charge is 0.320 e. The highest BCUT2D eigenvalue weighted by Crippen LogP contribution is 2.29. The van der Waals surface area contributed by atoms with E-state index in [0.717, 1.165) is 60.4 Å². The zero-order valence-corrected chi connectivity index (χ0v) is 16.5. The highest BCUT2D eigenvalue weighted by Gasteiger charge is 2.27. The molecule has 0 saturated carbocycles. The lowest BCUT2D eigenvalue weighted by Gasteiger charge is -2.11. The van der Waals surface area contributed by atoms with Crippen molar-refractivity contribution in [2.75, 3.05) is 11.9 Å². The number of rotatable bonds is 6. The summed E-state index contributed by atoms with van der Waals surface area (Å²) in [6.07, 6.45) is 2.93. The van der Waals surface area contributed by atoms with E-state index in [1.54, 1.807) is 0 Å². The summed E-state index contributed by atoms with van der Waals surface area (Å²) < 4.78 is 1.97. The van der Waals surface area contributed by atoms with E-state index in [0.29, 0.717) is 5.69 Å². The van der Waals surface area contributed by atoms with E-state index in [2.05, 4.69) is 36.6 Å². The van der Waals surface area contributed by atoms with Crippen molar-refractivity contribution in [2.24, 2.45) is 0 Å². The van der Waals surface area contributed by atoms with Gasteiger partial charge in [0.25, 0.3) is 5.91 Å². The summed E-state index contributed by atoms with van der Waals surface area (Å²) in [7, 11) is 0. The Hall–Kier alpha value is -2.92. The molecule has 144 valence electrons. The Balaban J connectivity index is 1.67. The highest BCUT2D eigenvalue weighted by atomic mass is 16.2. The van der Waals surface area contributed by atoms with Gasteiger partial charge in [-0.1, -0.05) is 43.3 Å². The third kappa shape index (κ3) is 3.45. The van der Waals surface area contributed by atoms with E-state index in [-0.39, 0.29) is 5.91 Å². The molecule has 3 aromatic rings. The van der Waals surface area contributed by atoms with Crippen LogP contribution < -0.4 is 10.6 Å². The smallest absolute Gasteiger partial charge is 0.276 e. The average Bonchev–Trinajstić information content (AvgIpc) is 3.30. The Labute approximate surface area is 165 Å². The number of carbonyl (C=O) groups is 1. The van der Waals surface area contributed by atoms with E-state index in [9.17, 15) is 4.79 Å². The zero-order valence-electron chi connectivity index (χ0n) is 16.5. The SMILES string of the molecule is CCNCc1ccccc1NC(=O)c1nn(-c2ccccc2C)c2c1CCC2. The number of hydrogen-bond acceptors (Lipinski definition) is 3. The van der Waals surface area contributed by atoms with Gasteiger partial charge in [0.05, 0.1) is 5.69 Å². The van der Waals surface area contributed by atoms with E-state index in [4.69, 9.17) is 5.10 Å². The number of fused-ring (bicyclic) bond motifs is 1. The van der Waals surface area contributed by atoms with Crippen LogP contribution >= 0.6 is 0 Å². The minimum Gasteiger partial charge on any atom is -0.320 e. The summed E-state index contributed by atoms with van der Waals surface area (Å²) in [5.74, 6) is -0.130. The Morgan fingerprint density at radius 3 is 2.71 bits per heavy atom. The van der Waals surface area contributed by atoms with Gasteiger partial charge < -0.3 is 10.6 Å². The van der Waals surface area contributed by atoms with Gasteiger partial charge in [-0.3, -0.25) is 4.79 Å². The van der Waals surface area contributed by atoms with Gasteiger partial charge in [0.15, 0.2) is 5.69 Å². The van der Waals surface area contributed by atoms with Crippen LogP contribution in [0.15, 0.2) is 48.5 Å². The van der Waals surface area contributed by atoms with Crippen molar-refractivity contribution in [1.29, 1.82) is 0 Å². The predicted octanol–water partition coefficient (Wildman–Crippen LogP) is 4.03. The molecule has 0 bridgehead atoms. The summed E-state index contributed by atoms with van der Waals surface area (Å²) in [5.41, 5.74) is 6.92. The fourth-order valence-corrected chi connectivity index (χ4v) is 3.86. The minimum atomic E-state index is -0.130. The molecule has 1 aliphatic carbocycles. The fourth-order valence-electron chi connectivity index (χ4n) is 3.86. The quantitative estimate of drug-likeness (QED) is 0.685. The minimum absolute atomic E-state index is 0.130. The molecule has 5 heteroatoms. The van der Waals surface area contributed by atoms with E-state index >= 15 is 0 Å². The molecular formula is C23H26N4O. The van der Waals surface area contributed by atoms with Crippen molar-refractivity contribution < 1.29 is 4.79 Å². The van der Waals surface area contributed by atoms with Crippen molar-refractivity contribution in [3.8, 4) is 5.69 Å². The lowest BCUT2D eigenvalue weighted by atomic mass is 10.1. The third-order valence-corrected chi connectivity index (χ3v) is 5.32. The number of anilines is 1. The number of benzene rings is 2. The summed E-state index contributed by atoms with van der Waals surface area (Å²) in [4.78, 5) is 13.1. The van der Waals surface area contributed by atoms with Gasteiger partial charge in [0, 0.05) is 23.5 Å². The lowest BCUT2D eigenvalue weighted by Crippen LogP contribution is -2.18. The second-order valence-corrected chi connectivity index (χ2v) is 7.22. The number of hydrogen-bond donors (Lipinski definition) is 2. The van der Waals surface area contributed by atoms with Gasteiger partial charge in [0.1, 0.15) is 0 Å². The Kier molecular flexibility index (Phi) is 5.26. The summed E-state index contributed by atoms with van der Waals surface area (Å²) in [6.45, 7) is 5.76. The number of carbonyl (C=O) groups excluding carboxylic acids is 1. The first-order valence-corrected chi connectivity index (χ1v) is 9.95. The monoisotopic (exact) mass is 374 g/mol. The first-order valence-electron chi connectivity index (χ1n) is 9.95. The molecule has 4 rings (SSSR count). The van der Waals surface area contributed by atoms with Gasteiger partial charge in [0.2, 0.25) is 0 Å². The molecular weight excluding hydrogens is 348 g/mol. The number of aromatic nitrogens is 2. The molecule has 0 aliphatic heterocycles. The number of aryl methyl sites for hydroxylation is 1. The van der Waals surface area contributed by atoms with Gasteiger partial charge in [-0.2, -0.15) is 5.10 Å². The average molecular weight is 374 g/mol. The molecule has 0 radical (unpaired) electrons. The van der Waals surface area contributed by atoms with Crippen LogP contribution in [0.4, 0.5) is 5.69 Å². The molecule has 1 heterocycles. The number of amides is 1. The van der Waals surface area contributed by atoms with Crippen LogP contribution in [0.5, 0.6) is 0 Å². The molecule has 1 aliphatic rings. The van der Waals surface area contributed by atoms with Crippen LogP contribution in [0.1, 0.15) is 46.2 Å². The maximum Gasteiger partial charge on any atom is 0.276 e. The molecule has 0 unspecified atom stereocenters. The van der Waals surface area contributed by atoms with Gasteiger partial charge in [-0.05, 0) is 56.0 Å². The Bertz CT molecular complexity index is 1010. The molecule has 2 aromatic carbocycles. The van der Waals surface area contributed by atoms with E-state index < -0.39 is 0 Å². The second-order valence-electron chi connectivity index (χ2n) is 7.22. The van der Waals surface area contributed by atoms with E-state index in [1.807, 2.05) is 41.1 Å². The Morgan fingerprint density at radius 1 is 1.11 bits per heavy atom. The number of para-hydroxylation sites is 2. The molecule has 0 atom stereocenters. The zero-order chi connectivity index (χ0) is 19.5. The molecule has 1 aromatic heterocycles. The second kappa shape index (κ2) is 7.98. The molecule has 28 heavy (non-hydrogen) atoms. The van der Waals surface area contributed by atoms with Crippen molar-refractivity contribution in [2.45, 2.75) is 39.7 Å². The van der Waals surface area contributed by atoms with Gasteiger partial charge in [-0.25, -0.2) is 4.68 Å². The summed E-state index contributed by atoms with van der Waals surface area (Å²) in [6, 6.07) is 16.1. The maximum absolute atomic E-state index is 13.1. The van der Waals surface area contributed by atoms with Crippen LogP contribution in [-0.4, -0.2) is 22.2 Å². The van der Waals surface area contributed by atoms with Crippen LogP contribution in [0.3, 0.4) is 0 Å². The topological polar surface area (TPSA) is 58.9 Å². The van der Waals surface area contributed by atoms with Crippen LogP contribution in [0, 0.1) is 6.92 Å². The van der Waals surface area contributed by atoms with Crippen LogP contribution in [0.25, 0.3) is 5.69 Å². The molecule has 0 fully saturated rings. The summed E-state index contributed by atoms with van der Waals surface area (Å²) in [5, 5.41) is 11.2. The van der Waals surface area contributed by atoms with Crippen LogP contribution in [0.2, 0.25) is 0 Å². The van der Waals surface area contributed by atoms with Crippen molar-refractivity contribution >= 4 is 11.6 Å². The highest BCUT2D eigenvalue weighted by molar-refractivity contribution is 6.04. The standard InChI is InChI=1S/C23H26N4O/c1-3-24-15-17-10-5-6-12-19(17)25-23(28)22-18-11-8-14-21(18)27(26-22)20-13-7-4-9-16(20)2/h4-7,9-10,12-13,24H,3,8,11,14-15H2,1-2H3,(H,25,28). The van der Waals surface area contributed by atoms with Gasteiger partial charge in [-0.15, -0.1) is 0 Å². The fraction of sp³-hybridized carbons (Fsp3) is 0.304. The first-order chi connectivity index (χ1) is 13.7. The predicted molar refractivity (Wildman–Crippen MR) is 112 cm³/mol. The first kappa shape index (κ1) is 18.4. The third-order valence-electron chi connectivity index (χ3n) is 5.32. The van der Waals surface area contributed by atoms with Gasteiger partial charge >= 0.3 is 0 Å². The molecule has 1 amide bonds. The van der Waals surface area contributed by atoms with Crippen molar-refractivity contribution in [3.05, 3.63) is 76.6 Å². The van der Waals surface area contributed by atoms with Crippen molar-refractivity contribution in [3.63, 3.8) is 0 Å². The molecule has 0 spiro atoms. The number of nitrogens with zero attached hydrogens (tertiary/aromatic N) is 2. The molecule has 5 nitrogen and oxygen atoms in total. The maximum atomic E-state index is 13.1. The molecule has 2 N–H and O–H groups in total. The summed E-state index contributed by atoms with van der Waals surface area (Å²) >= 11 is 0.